The Hall–Kier alpha value is -0.370. The van der Waals surface area contributed by atoms with Crippen molar-refractivity contribution in [3.8, 4) is 0 Å². The van der Waals surface area contributed by atoms with Crippen molar-refractivity contribution in [2.75, 3.05) is 7.11 Å². The van der Waals surface area contributed by atoms with E-state index in [0.29, 0.717) is 11.7 Å². The van der Waals surface area contributed by atoms with E-state index in [1.54, 1.807) is 7.11 Å². The maximum absolute atomic E-state index is 11.8. The van der Waals surface area contributed by atoms with E-state index >= 15 is 0 Å². The average molecular weight is 212 g/mol. The molecule has 0 amide bonds. The lowest BCUT2D eigenvalue weighted by Crippen LogP contribution is -2.22. The fraction of sp³-hybridized carbons (Fsp3) is 0.923. The van der Waals surface area contributed by atoms with Crippen LogP contribution >= 0.6 is 0 Å². The molecule has 15 heavy (non-hydrogen) atoms. The highest BCUT2D eigenvalue weighted by molar-refractivity contribution is 5.81. The Kier molecular flexibility index (Phi) is 4.78. The highest BCUT2D eigenvalue weighted by Gasteiger charge is 2.23. The molecule has 0 saturated heterocycles. The molecule has 1 rings (SSSR count). The molecule has 1 saturated carbocycles. The Labute approximate surface area is 93.4 Å². The van der Waals surface area contributed by atoms with Gasteiger partial charge in [-0.15, -0.1) is 0 Å². The van der Waals surface area contributed by atoms with Gasteiger partial charge in [0.15, 0.2) is 0 Å². The van der Waals surface area contributed by atoms with E-state index in [9.17, 15) is 4.79 Å². The number of hydrogen-bond donors (Lipinski definition) is 0. The van der Waals surface area contributed by atoms with E-state index in [1.807, 2.05) is 0 Å². The van der Waals surface area contributed by atoms with Crippen molar-refractivity contribution < 1.29 is 9.53 Å². The third-order valence-electron chi connectivity index (χ3n) is 3.57. The zero-order chi connectivity index (χ0) is 11.3. The normalized spacial score (nSPS) is 18.3. The lowest BCUT2D eigenvalue weighted by atomic mass is 9.94. The van der Waals surface area contributed by atoms with Gasteiger partial charge in [0, 0.05) is 19.4 Å². The van der Waals surface area contributed by atoms with Crippen molar-refractivity contribution in [3.63, 3.8) is 0 Å². The molecule has 1 aliphatic rings. The Bertz CT molecular complexity index is 203. The van der Waals surface area contributed by atoms with Crippen molar-refractivity contribution in [1.29, 1.82) is 0 Å². The lowest BCUT2D eigenvalue weighted by molar-refractivity contribution is -0.123. The van der Waals surface area contributed by atoms with Crippen LogP contribution in [0, 0.1) is 5.92 Å². The maximum Gasteiger partial charge on any atom is 0.135 e. The molecular formula is C13H24O2. The number of ketones is 1. The van der Waals surface area contributed by atoms with Gasteiger partial charge in [-0.2, -0.15) is 0 Å². The van der Waals surface area contributed by atoms with E-state index in [4.69, 9.17) is 4.74 Å². The first-order chi connectivity index (χ1) is 7.05. The second kappa shape index (κ2) is 5.64. The molecule has 88 valence electrons. The summed E-state index contributed by atoms with van der Waals surface area (Å²) in [5.41, 5.74) is -0.0735. The largest absolute Gasteiger partial charge is 0.379 e. The SMILES string of the molecule is COC(C)(C)CCCC(=O)C1CCCC1. The summed E-state index contributed by atoms with van der Waals surface area (Å²) in [6.07, 6.45) is 7.45. The highest BCUT2D eigenvalue weighted by Crippen LogP contribution is 2.27. The van der Waals surface area contributed by atoms with Gasteiger partial charge in [0.25, 0.3) is 0 Å². The summed E-state index contributed by atoms with van der Waals surface area (Å²) in [6.45, 7) is 4.15. The molecule has 0 unspecified atom stereocenters. The summed E-state index contributed by atoms with van der Waals surface area (Å²) in [6, 6.07) is 0. The monoisotopic (exact) mass is 212 g/mol. The fourth-order valence-electron chi connectivity index (χ4n) is 2.24. The predicted molar refractivity (Wildman–Crippen MR) is 61.9 cm³/mol. The molecule has 0 N–H and O–H groups in total. The highest BCUT2D eigenvalue weighted by atomic mass is 16.5. The molecule has 0 bridgehead atoms. The van der Waals surface area contributed by atoms with Gasteiger partial charge in [0.2, 0.25) is 0 Å². The van der Waals surface area contributed by atoms with E-state index in [2.05, 4.69) is 13.8 Å². The number of methoxy groups -OCH3 is 1. The molecule has 0 aromatic heterocycles. The summed E-state index contributed by atoms with van der Waals surface area (Å²) in [5, 5.41) is 0. The third kappa shape index (κ3) is 4.33. The van der Waals surface area contributed by atoms with Crippen LogP contribution in [0.4, 0.5) is 0 Å². The summed E-state index contributed by atoms with van der Waals surface area (Å²) in [5.74, 6) is 0.870. The van der Waals surface area contributed by atoms with Crippen LogP contribution < -0.4 is 0 Å². The van der Waals surface area contributed by atoms with Gasteiger partial charge in [0.1, 0.15) is 5.78 Å². The molecule has 0 spiro atoms. The maximum atomic E-state index is 11.8. The first kappa shape index (κ1) is 12.7. The summed E-state index contributed by atoms with van der Waals surface area (Å²) < 4.78 is 5.33. The molecule has 0 radical (unpaired) electrons. The van der Waals surface area contributed by atoms with Crippen LogP contribution in [-0.2, 0) is 9.53 Å². The molecule has 0 heterocycles. The van der Waals surface area contributed by atoms with Crippen LogP contribution in [0.2, 0.25) is 0 Å². The van der Waals surface area contributed by atoms with Gasteiger partial charge >= 0.3 is 0 Å². The minimum Gasteiger partial charge on any atom is -0.379 e. The van der Waals surface area contributed by atoms with E-state index in [0.717, 1.165) is 32.1 Å². The molecule has 0 aromatic carbocycles. The Morgan fingerprint density at radius 1 is 1.33 bits per heavy atom. The molecule has 0 aliphatic heterocycles. The number of carbonyl (C=O) groups excluding carboxylic acids is 1. The van der Waals surface area contributed by atoms with E-state index in [-0.39, 0.29) is 5.60 Å². The molecule has 2 nitrogen and oxygen atoms in total. The van der Waals surface area contributed by atoms with Gasteiger partial charge in [-0.25, -0.2) is 0 Å². The van der Waals surface area contributed by atoms with E-state index in [1.165, 1.54) is 12.8 Å². The van der Waals surface area contributed by atoms with Crippen molar-refractivity contribution in [2.45, 2.75) is 64.4 Å². The van der Waals surface area contributed by atoms with Gasteiger partial charge in [-0.05, 0) is 39.5 Å². The van der Waals surface area contributed by atoms with Crippen LogP contribution in [0.25, 0.3) is 0 Å². The molecule has 1 fully saturated rings. The fourth-order valence-corrected chi connectivity index (χ4v) is 2.24. The van der Waals surface area contributed by atoms with Crippen molar-refractivity contribution in [2.24, 2.45) is 5.92 Å². The van der Waals surface area contributed by atoms with Gasteiger partial charge in [0.05, 0.1) is 5.60 Å². The predicted octanol–water partition coefficient (Wildman–Crippen LogP) is 3.34. The summed E-state index contributed by atoms with van der Waals surface area (Å²) in [4.78, 5) is 11.8. The Morgan fingerprint density at radius 3 is 2.47 bits per heavy atom. The number of ether oxygens (including phenoxy) is 1. The molecule has 0 aromatic rings. The van der Waals surface area contributed by atoms with Crippen LogP contribution in [-0.4, -0.2) is 18.5 Å². The third-order valence-corrected chi connectivity index (χ3v) is 3.57. The van der Waals surface area contributed by atoms with Crippen LogP contribution in [0.15, 0.2) is 0 Å². The number of carbonyl (C=O) groups is 1. The summed E-state index contributed by atoms with van der Waals surface area (Å²) >= 11 is 0. The Morgan fingerprint density at radius 2 is 1.93 bits per heavy atom. The van der Waals surface area contributed by atoms with Gasteiger partial charge < -0.3 is 4.74 Å². The second-order valence-electron chi connectivity index (χ2n) is 5.27. The van der Waals surface area contributed by atoms with Crippen molar-refractivity contribution in [1.82, 2.24) is 0 Å². The van der Waals surface area contributed by atoms with Crippen molar-refractivity contribution in [3.05, 3.63) is 0 Å². The molecule has 1 aliphatic carbocycles. The van der Waals surface area contributed by atoms with Crippen molar-refractivity contribution >= 4 is 5.78 Å². The zero-order valence-corrected chi connectivity index (χ0v) is 10.3. The minimum atomic E-state index is -0.0735. The Balaban J connectivity index is 2.16. The van der Waals surface area contributed by atoms with E-state index < -0.39 is 0 Å². The van der Waals surface area contributed by atoms with Gasteiger partial charge in [-0.1, -0.05) is 12.8 Å². The molecular weight excluding hydrogens is 188 g/mol. The number of rotatable bonds is 6. The lowest BCUT2D eigenvalue weighted by Gasteiger charge is -2.22. The topological polar surface area (TPSA) is 26.3 Å². The minimum absolute atomic E-state index is 0.0735. The second-order valence-corrected chi connectivity index (χ2v) is 5.27. The zero-order valence-electron chi connectivity index (χ0n) is 10.3. The van der Waals surface area contributed by atoms with Gasteiger partial charge in [-0.3, -0.25) is 4.79 Å². The average Bonchev–Trinajstić information content (AvgIpc) is 2.70. The molecule has 2 heteroatoms. The first-order valence-electron chi connectivity index (χ1n) is 6.13. The van der Waals surface area contributed by atoms with Crippen LogP contribution in [0.1, 0.15) is 58.8 Å². The first-order valence-corrected chi connectivity index (χ1v) is 6.13. The number of hydrogen-bond acceptors (Lipinski definition) is 2. The quantitative estimate of drug-likeness (QED) is 0.675. The molecule has 0 atom stereocenters. The van der Waals surface area contributed by atoms with Crippen LogP contribution in [0.5, 0.6) is 0 Å². The summed E-state index contributed by atoms with van der Waals surface area (Å²) in [7, 11) is 1.73. The van der Waals surface area contributed by atoms with Crippen LogP contribution in [0.3, 0.4) is 0 Å². The standard InChI is InChI=1S/C13H24O2/c1-13(2,15-3)10-6-9-12(14)11-7-4-5-8-11/h11H,4-10H2,1-3H3. The number of Topliss-reactive ketones (excluding diaryl/α,β-unsaturated/α-hetero) is 1. The smallest absolute Gasteiger partial charge is 0.135 e.